The molecule has 0 radical (unpaired) electrons. The van der Waals surface area contributed by atoms with E-state index in [1.165, 1.54) is 42.4 Å². The van der Waals surface area contributed by atoms with Crippen LogP contribution in [0.25, 0.3) is 0 Å². The number of benzene rings is 1. The standard InChI is InChI=1S/C15H16FNO4S/c1-2-22(19,20)11-15(18)17(10-14-4-3-9-21-14)13-7-5-12(16)6-8-13/h3-9H,2,10-11H2,1H3. The Balaban J connectivity index is 2.28. The van der Waals surface area contributed by atoms with E-state index in [1.807, 2.05) is 0 Å². The molecule has 118 valence electrons. The minimum absolute atomic E-state index is 0.0801. The molecule has 22 heavy (non-hydrogen) atoms. The quantitative estimate of drug-likeness (QED) is 0.818. The Morgan fingerprint density at radius 2 is 1.91 bits per heavy atom. The van der Waals surface area contributed by atoms with Crippen molar-refractivity contribution in [1.82, 2.24) is 0 Å². The van der Waals surface area contributed by atoms with Crippen LogP contribution in [0.5, 0.6) is 0 Å². The molecule has 1 aromatic heterocycles. The molecule has 0 aliphatic rings. The van der Waals surface area contributed by atoms with Crippen molar-refractivity contribution in [3.63, 3.8) is 0 Å². The predicted molar refractivity (Wildman–Crippen MR) is 80.6 cm³/mol. The number of hydrogen-bond acceptors (Lipinski definition) is 4. The minimum atomic E-state index is -3.45. The normalized spacial score (nSPS) is 11.4. The van der Waals surface area contributed by atoms with Gasteiger partial charge in [-0.05, 0) is 36.4 Å². The van der Waals surface area contributed by atoms with Crippen LogP contribution in [0.3, 0.4) is 0 Å². The number of carbonyl (C=O) groups is 1. The minimum Gasteiger partial charge on any atom is -0.467 e. The van der Waals surface area contributed by atoms with Gasteiger partial charge in [0.15, 0.2) is 9.84 Å². The summed E-state index contributed by atoms with van der Waals surface area (Å²) in [5, 5.41) is 0. The summed E-state index contributed by atoms with van der Waals surface area (Å²) in [4.78, 5) is 13.6. The maximum Gasteiger partial charge on any atom is 0.242 e. The van der Waals surface area contributed by atoms with Crippen molar-refractivity contribution in [1.29, 1.82) is 0 Å². The summed E-state index contributed by atoms with van der Waals surface area (Å²) in [6, 6.07) is 8.63. The summed E-state index contributed by atoms with van der Waals surface area (Å²) in [6.07, 6.45) is 1.46. The van der Waals surface area contributed by atoms with Crippen LogP contribution in [-0.4, -0.2) is 25.8 Å². The monoisotopic (exact) mass is 325 g/mol. The lowest BCUT2D eigenvalue weighted by atomic mass is 10.2. The van der Waals surface area contributed by atoms with Gasteiger partial charge in [-0.1, -0.05) is 6.92 Å². The summed E-state index contributed by atoms with van der Waals surface area (Å²) in [7, 11) is -3.45. The number of anilines is 1. The molecule has 0 unspecified atom stereocenters. The molecule has 0 aliphatic heterocycles. The Labute approximate surface area is 128 Å². The number of carbonyl (C=O) groups excluding carboxylic acids is 1. The number of nitrogens with zero attached hydrogens (tertiary/aromatic N) is 1. The molecule has 7 heteroatoms. The molecule has 0 bridgehead atoms. The van der Waals surface area contributed by atoms with Crippen molar-refractivity contribution in [2.45, 2.75) is 13.5 Å². The molecule has 0 saturated carbocycles. The van der Waals surface area contributed by atoms with Gasteiger partial charge in [0.2, 0.25) is 5.91 Å². The van der Waals surface area contributed by atoms with Gasteiger partial charge in [-0.15, -0.1) is 0 Å². The SMILES string of the molecule is CCS(=O)(=O)CC(=O)N(Cc1ccco1)c1ccc(F)cc1. The number of sulfone groups is 1. The van der Waals surface area contributed by atoms with Crippen molar-refractivity contribution in [2.24, 2.45) is 0 Å². The van der Waals surface area contributed by atoms with Crippen molar-refractivity contribution in [3.05, 3.63) is 54.2 Å². The van der Waals surface area contributed by atoms with Crippen molar-refractivity contribution >= 4 is 21.4 Å². The first kappa shape index (κ1) is 16.2. The fourth-order valence-corrected chi connectivity index (χ4v) is 2.61. The summed E-state index contributed by atoms with van der Waals surface area (Å²) in [6.45, 7) is 1.56. The zero-order valence-electron chi connectivity index (χ0n) is 12.0. The number of rotatable bonds is 6. The van der Waals surface area contributed by atoms with Crippen LogP contribution in [0.2, 0.25) is 0 Å². The van der Waals surface area contributed by atoms with E-state index in [9.17, 15) is 17.6 Å². The van der Waals surface area contributed by atoms with Gasteiger partial charge in [-0.2, -0.15) is 0 Å². The molecular formula is C15H16FNO4S. The highest BCUT2D eigenvalue weighted by atomic mass is 32.2. The molecular weight excluding hydrogens is 309 g/mol. The predicted octanol–water partition coefficient (Wildman–Crippen LogP) is 2.39. The first-order chi connectivity index (χ1) is 10.4. The van der Waals surface area contributed by atoms with E-state index >= 15 is 0 Å². The van der Waals surface area contributed by atoms with Crippen LogP contribution in [-0.2, 0) is 21.2 Å². The molecule has 0 atom stereocenters. The third-order valence-corrected chi connectivity index (χ3v) is 4.68. The highest BCUT2D eigenvalue weighted by molar-refractivity contribution is 7.92. The van der Waals surface area contributed by atoms with Crippen LogP contribution >= 0.6 is 0 Å². The van der Waals surface area contributed by atoms with E-state index in [-0.39, 0.29) is 12.3 Å². The first-order valence-electron chi connectivity index (χ1n) is 6.70. The van der Waals surface area contributed by atoms with Gasteiger partial charge in [0, 0.05) is 11.4 Å². The average Bonchev–Trinajstić information content (AvgIpc) is 2.98. The first-order valence-corrected chi connectivity index (χ1v) is 8.52. The second-order valence-corrected chi connectivity index (χ2v) is 7.07. The van der Waals surface area contributed by atoms with Crippen molar-refractivity contribution < 1.29 is 22.0 Å². The number of amides is 1. The van der Waals surface area contributed by atoms with Gasteiger partial charge >= 0.3 is 0 Å². The van der Waals surface area contributed by atoms with Gasteiger partial charge in [0.1, 0.15) is 17.3 Å². The van der Waals surface area contributed by atoms with Crippen LogP contribution in [0.4, 0.5) is 10.1 Å². The Morgan fingerprint density at radius 1 is 1.23 bits per heavy atom. The summed E-state index contributed by atoms with van der Waals surface area (Å²) in [5.74, 6) is -1.22. The fourth-order valence-electron chi connectivity index (χ4n) is 1.87. The van der Waals surface area contributed by atoms with Crippen molar-refractivity contribution in [2.75, 3.05) is 16.4 Å². The van der Waals surface area contributed by atoms with Gasteiger partial charge < -0.3 is 9.32 Å². The Kier molecular flexibility index (Phi) is 4.97. The molecule has 0 fully saturated rings. The molecule has 5 nitrogen and oxygen atoms in total. The van der Waals surface area contributed by atoms with Crippen LogP contribution in [0.1, 0.15) is 12.7 Å². The second kappa shape index (κ2) is 6.74. The van der Waals surface area contributed by atoms with E-state index < -0.39 is 27.3 Å². The summed E-state index contributed by atoms with van der Waals surface area (Å²) in [5.41, 5.74) is 0.411. The van der Waals surface area contributed by atoms with Crippen LogP contribution < -0.4 is 4.90 Å². The Bertz CT molecular complexity index is 723. The van der Waals surface area contributed by atoms with E-state index in [0.29, 0.717) is 11.4 Å². The topological polar surface area (TPSA) is 67.6 Å². The van der Waals surface area contributed by atoms with E-state index in [1.54, 1.807) is 12.1 Å². The largest absolute Gasteiger partial charge is 0.467 e. The molecule has 0 aliphatic carbocycles. The number of hydrogen-bond donors (Lipinski definition) is 0. The maximum absolute atomic E-state index is 13.0. The second-order valence-electron chi connectivity index (χ2n) is 4.71. The number of furan rings is 1. The lowest BCUT2D eigenvalue weighted by Crippen LogP contribution is -2.35. The molecule has 2 aromatic rings. The van der Waals surface area contributed by atoms with Crippen molar-refractivity contribution in [3.8, 4) is 0 Å². The van der Waals surface area contributed by atoms with Crippen LogP contribution in [0, 0.1) is 5.82 Å². The Morgan fingerprint density at radius 3 is 2.45 bits per heavy atom. The Hall–Kier alpha value is -2.15. The van der Waals surface area contributed by atoms with Gasteiger partial charge in [-0.25, -0.2) is 12.8 Å². The smallest absolute Gasteiger partial charge is 0.242 e. The highest BCUT2D eigenvalue weighted by Crippen LogP contribution is 2.19. The molecule has 0 saturated heterocycles. The molecule has 0 N–H and O–H groups in total. The van der Waals surface area contributed by atoms with Gasteiger partial charge in [-0.3, -0.25) is 4.79 Å². The summed E-state index contributed by atoms with van der Waals surface area (Å²) < 4.78 is 41.6. The fraction of sp³-hybridized carbons (Fsp3) is 0.267. The lowest BCUT2D eigenvalue weighted by molar-refractivity contribution is -0.116. The average molecular weight is 325 g/mol. The molecule has 2 rings (SSSR count). The van der Waals surface area contributed by atoms with E-state index in [4.69, 9.17) is 4.42 Å². The molecule has 1 heterocycles. The van der Waals surface area contributed by atoms with Gasteiger partial charge in [0.05, 0.1) is 12.8 Å². The third kappa shape index (κ3) is 4.17. The highest BCUT2D eigenvalue weighted by Gasteiger charge is 2.23. The molecule has 1 amide bonds. The van der Waals surface area contributed by atoms with Gasteiger partial charge in [0.25, 0.3) is 0 Å². The molecule has 1 aromatic carbocycles. The zero-order chi connectivity index (χ0) is 16.2. The maximum atomic E-state index is 13.0. The van der Waals surface area contributed by atoms with E-state index in [2.05, 4.69) is 0 Å². The number of halogens is 1. The van der Waals surface area contributed by atoms with Crippen LogP contribution in [0.15, 0.2) is 47.1 Å². The van der Waals surface area contributed by atoms with E-state index in [0.717, 1.165) is 0 Å². The lowest BCUT2D eigenvalue weighted by Gasteiger charge is -2.21. The zero-order valence-corrected chi connectivity index (χ0v) is 12.8. The third-order valence-electron chi connectivity index (χ3n) is 3.12. The molecule has 0 spiro atoms. The summed E-state index contributed by atoms with van der Waals surface area (Å²) >= 11 is 0.